The number of nitrogens with zero attached hydrogens (tertiary/aromatic N) is 1. The first-order valence-electron chi connectivity index (χ1n) is 21.8. The van der Waals surface area contributed by atoms with Gasteiger partial charge in [-0.25, -0.2) is 0 Å². The summed E-state index contributed by atoms with van der Waals surface area (Å²) in [6, 6.07) is 86.0. The lowest BCUT2D eigenvalue weighted by Gasteiger charge is -2.30. The highest BCUT2D eigenvalue weighted by Gasteiger charge is 2.52. The van der Waals surface area contributed by atoms with Crippen molar-refractivity contribution in [3.05, 3.63) is 259 Å². The fourth-order valence-electron chi connectivity index (χ4n) is 10.8. The maximum Gasteiger partial charge on any atom is 0.143 e. The predicted octanol–water partition coefficient (Wildman–Crippen LogP) is 16.4. The zero-order valence-electron chi connectivity index (χ0n) is 34.4. The fourth-order valence-corrected chi connectivity index (χ4v) is 10.8. The van der Waals surface area contributed by atoms with Gasteiger partial charge in [-0.1, -0.05) is 194 Å². The van der Waals surface area contributed by atoms with Crippen molar-refractivity contribution in [2.45, 2.75) is 5.41 Å². The highest BCUT2D eigenvalue weighted by atomic mass is 16.3. The Morgan fingerprint density at radius 2 is 0.730 bits per heavy atom. The smallest absolute Gasteiger partial charge is 0.143 e. The van der Waals surface area contributed by atoms with Crippen LogP contribution >= 0.6 is 0 Å². The van der Waals surface area contributed by atoms with E-state index in [0.29, 0.717) is 0 Å². The molecule has 2 aliphatic carbocycles. The van der Waals surface area contributed by atoms with Crippen LogP contribution in [-0.4, -0.2) is 0 Å². The second kappa shape index (κ2) is 13.9. The van der Waals surface area contributed by atoms with Crippen LogP contribution in [0.4, 0.5) is 17.1 Å². The molecule has 10 aromatic carbocycles. The molecule has 0 aliphatic heterocycles. The van der Waals surface area contributed by atoms with Gasteiger partial charge in [0.1, 0.15) is 11.2 Å². The quantitative estimate of drug-likeness (QED) is 0.167. The average Bonchev–Trinajstić information content (AvgIpc) is 4.00. The van der Waals surface area contributed by atoms with E-state index in [2.05, 4.69) is 241 Å². The maximum atomic E-state index is 7.05. The van der Waals surface area contributed by atoms with Crippen molar-refractivity contribution in [2.24, 2.45) is 0 Å². The second-order valence-electron chi connectivity index (χ2n) is 16.7. The van der Waals surface area contributed by atoms with Gasteiger partial charge in [0.15, 0.2) is 0 Å². The van der Waals surface area contributed by atoms with Gasteiger partial charge in [-0.05, 0) is 115 Å². The summed E-state index contributed by atoms with van der Waals surface area (Å²) in [6.45, 7) is 0. The van der Waals surface area contributed by atoms with Gasteiger partial charge in [0.2, 0.25) is 0 Å². The monoisotopic (exact) mass is 801 g/mol. The first-order valence-corrected chi connectivity index (χ1v) is 21.8. The number of hydrogen-bond donors (Lipinski definition) is 0. The highest BCUT2D eigenvalue weighted by Crippen LogP contribution is 2.64. The molecule has 0 saturated heterocycles. The molecule has 0 atom stereocenters. The summed E-state index contributed by atoms with van der Waals surface area (Å²) >= 11 is 0. The zero-order chi connectivity index (χ0) is 41.5. The molecule has 63 heavy (non-hydrogen) atoms. The van der Waals surface area contributed by atoms with Crippen LogP contribution in [0.1, 0.15) is 22.3 Å². The normalized spacial score (nSPS) is 12.9. The van der Waals surface area contributed by atoms with Gasteiger partial charge in [0, 0.05) is 33.4 Å². The van der Waals surface area contributed by atoms with Gasteiger partial charge < -0.3 is 9.32 Å². The molecule has 13 rings (SSSR count). The summed E-state index contributed by atoms with van der Waals surface area (Å²) in [5.74, 6) is 0. The van der Waals surface area contributed by atoms with Crippen molar-refractivity contribution in [3.63, 3.8) is 0 Å². The van der Waals surface area contributed by atoms with E-state index in [1.165, 1.54) is 66.8 Å². The first-order chi connectivity index (χ1) is 31.3. The topological polar surface area (TPSA) is 16.4 Å². The van der Waals surface area contributed by atoms with Crippen molar-refractivity contribution in [2.75, 3.05) is 4.90 Å². The minimum absolute atomic E-state index is 0.416. The third-order valence-corrected chi connectivity index (χ3v) is 13.5. The molecule has 2 nitrogen and oxygen atoms in total. The summed E-state index contributed by atoms with van der Waals surface area (Å²) in [6.07, 6.45) is 0. The Labute approximate surface area is 366 Å². The van der Waals surface area contributed by atoms with E-state index < -0.39 is 5.41 Å². The van der Waals surface area contributed by atoms with Crippen LogP contribution in [0.3, 0.4) is 0 Å². The highest BCUT2D eigenvalue weighted by molar-refractivity contribution is 6.17. The average molecular weight is 802 g/mol. The molecular formula is C61H39NO. The molecule has 1 spiro atoms. The van der Waals surface area contributed by atoms with Crippen molar-refractivity contribution in [1.29, 1.82) is 0 Å². The molecule has 294 valence electrons. The van der Waals surface area contributed by atoms with Gasteiger partial charge in [-0.15, -0.1) is 0 Å². The van der Waals surface area contributed by atoms with Crippen molar-refractivity contribution >= 4 is 39.0 Å². The van der Waals surface area contributed by atoms with E-state index in [0.717, 1.165) is 50.1 Å². The van der Waals surface area contributed by atoms with Crippen molar-refractivity contribution in [3.8, 4) is 55.6 Å². The number of fused-ring (bicyclic) bond motifs is 14. The molecule has 2 aliphatic rings. The maximum absolute atomic E-state index is 7.05. The fraction of sp³-hybridized carbons (Fsp3) is 0.0164. The Bertz CT molecular complexity index is 3400. The number of anilines is 3. The standard InChI is InChI=1S/C61H39NO/c1-3-14-40(15-4-1)42-26-32-45(33-27-42)62(46-34-28-43(29-35-46)41-16-5-2-6-17-41)47-36-30-44(31-37-47)48-21-13-25-57-58(48)52-38-39-56-59(60(52)63-57)51-20-9-12-24-55(51)61(56)53-22-10-7-18-49(53)50-19-8-11-23-54(50)61/h1-39H. The summed E-state index contributed by atoms with van der Waals surface area (Å²) in [4.78, 5) is 2.34. The lowest BCUT2D eigenvalue weighted by molar-refractivity contribution is 0.669. The summed E-state index contributed by atoms with van der Waals surface area (Å²) < 4.78 is 7.05. The molecule has 1 aromatic heterocycles. The first kappa shape index (κ1) is 35.5. The lowest BCUT2D eigenvalue weighted by atomic mass is 9.70. The van der Waals surface area contributed by atoms with Crippen LogP contribution in [0.2, 0.25) is 0 Å². The van der Waals surface area contributed by atoms with E-state index in [-0.39, 0.29) is 0 Å². The molecule has 0 unspecified atom stereocenters. The summed E-state index contributed by atoms with van der Waals surface area (Å²) in [5, 5.41) is 2.27. The van der Waals surface area contributed by atoms with Crippen LogP contribution < -0.4 is 4.90 Å². The Balaban J connectivity index is 0.936. The Hall–Kier alpha value is -8.20. The molecule has 1 heterocycles. The molecule has 0 saturated carbocycles. The SMILES string of the molecule is c1ccc(-c2ccc(N(c3ccc(-c4ccccc4)cc3)c3ccc(-c4cccc5oc6c7c(ccc6c45)C4(c5ccccc5-c5ccccc54)c4ccccc4-7)cc3)cc2)cc1. The molecule has 0 fully saturated rings. The number of benzene rings is 10. The zero-order valence-corrected chi connectivity index (χ0v) is 34.4. The Morgan fingerprint density at radius 3 is 1.27 bits per heavy atom. The second-order valence-corrected chi connectivity index (χ2v) is 16.7. The largest absolute Gasteiger partial charge is 0.455 e. The van der Waals surface area contributed by atoms with Crippen LogP contribution in [-0.2, 0) is 5.41 Å². The van der Waals surface area contributed by atoms with E-state index in [1.807, 2.05) is 0 Å². The number of rotatable bonds is 6. The predicted molar refractivity (Wildman–Crippen MR) is 261 cm³/mol. The van der Waals surface area contributed by atoms with Crippen LogP contribution in [0.15, 0.2) is 241 Å². The van der Waals surface area contributed by atoms with Gasteiger partial charge in [-0.2, -0.15) is 0 Å². The van der Waals surface area contributed by atoms with Gasteiger partial charge in [-0.3, -0.25) is 0 Å². The Morgan fingerprint density at radius 1 is 0.302 bits per heavy atom. The molecule has 0 bridgehead atoms. The Kier molecular flexibility index (Phi) is 7.85. The molecular weight excluding hydrogens is 763 g/mol. The van der Waals surface area contributed by atoms with E-state index in [1.54, 1.807) is 0 Å². The van der Waals surface area contributed by atoms with Gasteiger partial charge in [0.05, 0.1) is 5.41 Å². The molecule has 0 N–H and O–H groups in total. The number of hydrogen-bond acceptors (Lipinski definition) is 2. The van der Waals surface area contributed by atoms with Crippen molar-refractivity contribution < 1.29 is 4.42 Å². The molecule has 0 amide bonds. The van der Waals surface area contributed by atoms with Crippen LogP contribution in [0.25, 0.3) is 77.6 Å². The molecule has 0 radical (unpaired) electrons. The molecule has 2 heteroatoms. The third kappa shape index (κ3) is 5.25. The third-order valence-electron chi connectivity index (χ3n) is 13.5. The summed E-state index contributed by atoms with van der Waals surface area (Å²) in [7, 11) is 0. The van der Waals surface area contributed by atoms with Gasteiger partial charge >= 0.3 is 0 Å². The minimum atomic E-state index is -0.416. The number of furan rings is 1. The molecule has 11 aromatic rings. The van der Waals surface area contributed by atoms with Crippen molar-refractivity contribution in [1.82, 2.24) is 0 Å². The van der Waals surface area contributed by atoms with E-state index >= 15 is 0 Å². The van der Waals surface area contributed by atoms with Crippen LogP contribution in [0, 0.1) is 0 Å². The summed E-state index contributed by atoms with van der Waals surface area (Å²) in [5.41, 5.74) is 22.1. The van der Waals surface area contributed by atoms with E-state index in [4.69, 9.17) is 4.42 Å². The van der Waals surface area contributed by atoms with Crippen LogP contribution in [0.5, 0.6) is 0 Å². The lowest BCUT2D eigenvalue weighted by Crippen LogP contribution is -2.25. The minimum Gasteiger partial charge on any atom is -0.455 e. The van der Waals surface area contributed by atoms with Gasteiger partial charge in [0.25, 0.3) is 0 Å². The van der Waals surface area contributed by atoms with E-state index in [9.17, 15) is 0 Å².